The van der Waals surface area contributed by atoms with E-state index in [1.54, 1.807) is 21.9 Å². The molecule has 0 saturated carbocycles. The van der Waals surface area contributed by atoms with Gasteiger partial charge in [-0.15, -0.1) is 0 Å². The maximum Gasteiger partial charge on any atom is 0.227 e. The van der Waals surface area contributed by atoms with Gasteiger partial charge in [-0.1, -0.05) is 19.1 Å². The summed E-state index contributed by atoms with van der Waals surface area (Å²) in [7, 11) is 0. The SMILES string of the molecule is CCC(=O)N1CCN(C(=O)Cc2ccc(F)cc2)CC1. The van der Waals surface area contributed by atoms with Crippen LogP contribution in [0.15, 0.2) is 24.3 Å². The molecule has 5 heteroatoms. The van der Waals surface area contributed by atoms with Gasteiger partial charge in [0, 0.05) is 32.6 Å². The van der Waals surface area contributed by atoms with Crippen molar-refractivity contribution < 1.29 is 14.0 Å². The van der Waals surface area contributed by atoms with Crippen molar-refractivity contribution in [3.05, 3.63) is 35.6 Å². The zero-order valence-corrected chi connectivity index (χ0v) is 11.6. The zero-order chi connectivity index (χ0) is 14.5. The van der Waals surface area contributed by atoms with Crippen LogP contribution in [0.25, 0.3) is 0 Å². The lowest BCUT2D eigenvalue weighted by atomic mass is 10.1. The first kappa shape index (κ1) is 14.5. The Labute approximate surface area is 118 Å². The molecule has 1 fully saturated rings. The summed E-state index contributed by atoms with van der Waals surface area (Å²) in [4.78, 5) is 27.2. The molecule has 0 atom stereocenters. The van der Waals surface area contributed by atoms with Crippen molar-refractivity contribution in [2.75, 3.05) is 26.2 Å². The van der Waals surface area contributed by atoms with Gasteiger partial charge in [0.15, 0.2) is 0 Å². The summed E-state index contributed by atoms with van der Waals surface area (Å²) in [5.74, 6) is -0.135. The Morgan fingerprint density at radius 3 is 2.00 bits per heavy atom. The molecule has 20 heavy (non-hydrogen) atoms. The molecule has 1 aromatic carbocycles. The highest BCUT2D eigenvalue weighted by Gasteiger charge is 2.23. The lowest BCUT2D eigenvalue weighted by Gasteiger charge is -2.34. The average molecular weight is 278 g/mol. The minimum absolute atomic E-state index is 0.0280. The van der Waals surface area contributed by atoms with Crippen molar-refractivity contribution in [3.63, 3.8) is 0 Å². The number of amides is 2. The van der Waals surface area contributed by atoms with Gasteiger partial charge in [-0.3, -0.25) is 9.59 Å². The molecule has 4 nitrogen and oxygen atoms in total. The van der Waals surface area contributed by atoms with Crippen molar-refractivity contribution in [3.8, 4) is 0 Å². The third-order valence-corrected chi connectivity index (χ3v) is 3.56. The summed E-state index contributed by atoms with van der Waals surface area (Å²) in [6.07, 6.45) is 0.783. The number of carbonyl (C=O) groups excluding carboxylic acids is 2. The molecule has 0 radical (unpaired) electrons. The molecule has 0 bridgehead atoms. The van der Waals surface area contributed by atoms with Crippen LogP contribution in [-0.2, 0) is 16.0 Å². The van der Waals surface area contributed by atoms with Gasteiger partial charge in [-0.2, -0.15) is 0 Å². The standard InChI is InChI=1S/C15H19FN2O2/c1-2-14(19)17-7-9-18(10-8-17)15(20)11-12-3-5-13(16)6-4-12/h3-6H,2,7-11H2,1H3. The number of nitrogens with zero attached hydrogens (tertiary/aromatic N) is 2. The number of piperazine rings is 1. The van der Waals surface area contributed by atoms with Crippen LogP contribution in [0.3, 0.4) is 0 Å². The van der Waals surface area contributed by atoms with Gasteiger partial charge in [-0.05, 0) is 17.7 Å². The third-order valence-electron chi connectivity index (χ3n) is 3.56. The van der Waals surface area contributed by atoms with E-state index in [-0.39, 0.29) is 24.1 Å². The highest BCUT2D eigenvalue weighted by molar-refractivity contribution is 5.80. The summed E-state index contributed by atoms with van der Waals surface area (Å²) in [6.45, 7) is 4.19. The number of benzene rings is 1. The van der Waals surface area contributed by atoms with Crippen molar-refractivity contribution in [1.29, 1.82) is 0 Å². The van der Waals surface area contributed by atoms with E-state index in [4.69, 9.17) is 0 Å². The Morgan fingerprint density at radius 1 is 1.00 bits per heavy atom. The molecule has 0 N–H and O–H groups in total. The molecule has 108 valence electrons. The second kappa shape index (κ2) is 6.50. The van der Waals surface area contributed by atoms with Gasteiger partial charge in [-0.25, -0.2) is 4.39 Å². The first-order valence-electron chi connectivity index (χ1n) is 6.90. The maximum atomic E-state index is 12.8. The molecule has 0 spiro atoms. The van der Waals surface area contributed by atoms with Gasteiger partial charge in [0.1, 0.15) is 5.82 Å². The van der Waals surface area contributed by atoms with Crippen molar-refractivity contribution in [1.82, 2.24) is 9.80 Å². The topological polar surface area (TPSA) is 40.6 Å². The highest BCUT2D eigenvalue weighted by Crippen LogP contribution is 2.09. The first-order valence-corrected chi connectivity index (χ1v) is 6.90. The van der Waals surface area contributed by atoms with Gasteiger partial charge in [0.05, 0.1) is 6.42 Å². The summed E-state index contributed by atoms with van der Waals surface area (Å²) in [5, 5.41) is 0. The smallest absolute Gasteiger partial charge is 0.227 e. The van der Waals surface area contributed by atoms with Gasteiger partial charge in [0.25, 0.3) is 0 Å². The van der Waals surface area contributed by atoms with E-state index in [0.717, 1.165) is 5.56 Å². The molecule has 1 heterocycles. The van der Waals surface area contributed by atoms with E-state index in [9.17, 15) is 14.0 Å². The number of rotatable bonds is 3. The lowest BCUT2D eigenvalue weighted by molar-refractivity contribution is -0.139. The van der Waals surface area contributed by atoms with Crippen LogP contribution in [0.5, 0.6) is 0 Å². The number of halogens is 1. The monoisotopic (exact) mass is 278 g/mol. The number of carbonyl (C=O) groups is 2. The molecule has 0 aliphatic carbocycles. The molecule has 2 rings (SSSR count). The predicted octanol–water partition coefficient (Wildman–Crippen LogP) is 1.45. The van der Waals surface area contributed by atoms with Crippen LogP contribution in [0.2, 0.25) is 0 Å². The van der Waals surface area contributed by atoms with E-state index in [2.05, 4.69) is 0 Å². The molecule has 1 saturated heterocycles. The van der Waals surface area contributed by atoms with Gasteiger partial charge < -0.3 is 9.80 Å². The van der Waals surface area contributed by atoms with E-state index in [1.807, 2.05) is 6.92 Å². The molecule has 0 aromatic heterocycles. The molecule has 0 unspecified atom stereocenters. The van der Waals surface area contributed by atoms with E-state index < -0.39 is 0 Å². The first-order chi connectivity index (χ1) is 9.60. The lowest BCUT2D eigenvalue weighted by Crippen LogP contribution is -2.50. The quantitative estimate of drug-likeness (QED) is 0.839. The van der Waals surface area contributed by atoms with Crippen LogP contribution >= 0.6 is 0 Å². The minimum Gasteiger partial charge on any atom is -0.339 e. The van der Waals surface area contributed by atoms with Crippen LogP contribution in [0.4, 0.5) is 4.39 Å². The van der Waals surface area contributed by atoms with Crippen LogP contribution in [0, 0.1) is 5.82 Å². The Morgan fingerprint density at radius 2 is 1.50 bits per heavy atom. The molecule has 1 aliphatic heterocycles. The van der Waals surface area contributed by atoms with Gasteiger partial charge in [0.2, 0.25) is 11.8 Å². The third kappa shape index (κ3) is 3.56. The normalized spacial score (nSPS) is 15.3. The Hall–Kier alpha value is -1.91. The van der Waals surface area contributed by atoms with Crippen molar-refractivity contribution in [2.45, 2.75) is 19.8 Å². The fourth-order valence-corrected chi connectivity index (χ4v) is 2.32. The summed E-state index contributed by atoms with van der Waals surface area (Å²) in [5.41, 5.74) is 0.809. The maximum absolute atomic E-state index is 12.8. The predicted molar refractivity (Wildman–Crippen MR) is 73.6 cm³/mol. The van der Waals surface area contributed by atoms with Crippen molar-refractivity contribution >= 4 is 11.8 Å². The zero-order valence-electron chi connectivity index (χ0n) is 11.6. The van der Waals surface area contributed by atoms with Crippen LogP contribution in [-0.4, -0.2) is 47.8 Å². The summed E-state index contributed by atoms with van der Waals surface area (Å²) < 4.78 is 12.8. The average Bonchev–Trinajstić information content (AvgIpc) is 2.49. The molecule has 2 amide bonds. The fraction of sp³-hybridized carbons (Fsp3) is 0.467. The van der Waals surface area contributed by atoms with E-state index >= 15 is 0 Å². The molecular weight excluding hydrogens is 259 g/mol. The van der Waals surface area contributed by atoms with E-state index in [0.29, 0.717) is 32.6 Å². The Bertz CT molecular complexity index is 479. The second-order valence-corrected chi connectivity index (χ2v) is 4.92. The van der Waals surface area contributed by atoms with Crippen LogP contribution in [0.1, 0.15) is 18.9 Å². The minimum atomic E-state index is -0.298. The highest BCUT2D eigenvalue weighted by atomic mass is 19.1. The molecular formula is C15H19FN2O2. The van der Waals surface area contributed by atoms with Gasteiger partial charge >= 0.3 is 0 Å². The fourth-order valence-electron chi connectivity index (χ4n) is 2.32. The van der Waals surface area contributed by atoms with Crippen LogP contribution < -0.4 is 0 Å². The summed E-state index contributed by atoms with van der Waals surface area (Å²) >= 11 is 0. The molecule has 1 aliphatic rings. The molecule has 1 aromatic rings. The van der Waals surface area contributed by atoms with E-state index in [1.165, 1.54) is 12.1 Å². The Kier molecular flexibility index (Phi) is 4.71. The number of hydrogen-bond donors (Lipinski definition) is 0. The second-order valence-electron chi connectivity index (χ2n) is 4.92. The number of hydrogen-bond acceptors (Lipinski definition) is 2. The summed E-state index contributed by atoms with van der Waals surface area (Å²) in [6, 6.07) is 5.98. The van der Waals surface area contributed by atoms with Crippen molar-refractivity contribution in [2.24, 2.45) is 0 Å². The largest absolute Gasteiger partial charge is 0.339 e. The Balaban J connectivity index is 1.85.